The van der Waals surface area contributed by atoms with E-state index < -0.39 is 0 Å². The number of ether oxygens (including phenoxy) is 1. The first-order valence-corrected chi connectivity index (χ1v) is 10.6. The summed E-state index contributed by atoms with van der Waals surface area (Å²) in [5, 5.41) is 2.41. The van der Waals surface area contributed by atoms with E-state index >= 15 is 0 Å². The number of benzene rings is 2. The summed E-state index contributed by atoms with van der Waals surface area (Å²) in [6.07, 6.45) is 8.37. The normalized spacial score (nSPS) is 21.4. The molecule has 1 saturated heterocycles. The Bertz CT molecular complexity index is 807. The Balaban J connectivity index is 1.44. The van der Waals surface area contributed by atoms with Crippen LogP contribution >= 0.6 is 0 Å². The van der Waals surface area contributed by atoms with Crippen LogP contribution < -0.4 is 4.74 Å². The fourth-order valence-corrected chi connectivity index (χ4v) is 4.74. The Morgan fingerprint density at radius 3 is 2.52 bits per heavy atom. The van der Waals surface area contributed by atoms with Gasteiger partial charge in [0.2, 0.25) is 5.91 Å². The summed E-state index contributed by atoms with van der Waals surface area (Å²) in [7, 11) is 0. The molecule has 0 aromatic heterocycles. The van der Waals surface area contributed by atoms with Crippen molar-refractivity contribution in [3.63, 3.8) is 0 Å². The molecular formula is C24H31NO2. The summed E-state index contributed by atoms with van der Waals surface area (Å²) in [6, 6.07) is 13.4. The van der Waals surface area contributed by atoms with Gasteiger partial charge in [0.05, 0.1) is 6.10 Å². The highest BCUT2D eigenvalue weighted by atomic mass is 16.5. The van der Waals surface area contributed by atoms with E-state index in [1.54, 1.807) is 0 Å². The molecule has 2 fully saturated rings. The molecule has 1 aliphatic heterocycles. The smallest absolute Gasteiger partial charge is 0.226 e. The topological polar surface area (TPSA) is 29.5 Å². The summed E-state index contributed by atoms with van der Waals surface area (Å²) in [5.74, 6) is 1.47. The number of fused-ring (bicyclic) bond motifs is 1. The minimum atomic E-state index is 0.160. The molecule has 0 radical (unpaired) electrons. The van der Waals surface area contributed by atoms with E-state index in [4.69, 9.17) is 4.74 Å². The summed E-state index contributed by atoms with van der Waals surface area (Å²) in [4.78, 5) is 15.1. The molecule has 0 spiro atoms. The second-order valence-electron chi connectivity index (χ2n) is 8.52. The first-order valence-electron chi connectivity index (χ1n) is 10.6. The van der Waals surface area contributed by atoms with E-state index in [-0.39, 0.29) is 12.0 Å². The maximum Gasteiger partial charge on any atom is 0.226 e. The average Bonchev–Trinajstić information content (AvgIpc) is 3.02. The molecule has 3 nitrogen and oxygen atoms in total. The maximum atomic E-state index is 12.9. The molecule has 4 rings (SSSR count). The average molecular weight is 366 g/mol. The summed E-state index contributed by atoms with van der Waals surface area (Å²) >= 11 is 0. The summed E-state index contributed by atoms with van der Waals surface area (Å²) in [6.45, 7) is 5.04. The maximum absolute atomic E-state index is 12.9. The third-order valence-electron chi connectivity index (χ3n) is 6.10. The molecule has 1 amide bonds. The largest absolute Gasteiger partial charge is 0.491 e. The number of amides is 1. The third-order valence-corrected chi connectivity index (χ3v) is 6.10. The first kappa shape index (κ1) is 18.3. The Hall–Kier alpha value is -2.03. The second kappa shape index (κ2) is 7.92. The number of nitrogens with zero attached hydrogens (tertiary/aromatic N) is 1. The van der Waals surface area contributed by atoms with E-state index in [2.05, 4.69) is 35.2 Å². The minimum absolute atomic E-state index is 0.160. The van der Waals surface area contributed by atoms with Gasteiger partial charge >= 0.3 is 0 Å². The molecule has 1 unspecified atom stereocenters. The number of rotatable bonds is 5. The van der Waals surface area contributed by atoms with Crippen LogP contribution in [0.5, 0.6) is 5.75 Å². The van der Waals surface area contributed by atoms with Gasteiger partial charge in [0.1, 0.15) is 5.75 Å². The third kappa shape index (κ3) is 4.12. The van der Waals surface area contributed by atoms with Crippen LogP contribution in [0.1, 0.15) is 57.9 Å². The van der Waals surface area contributed by atoms with Crippen molar-refractivity contribution in [2.24, 2.45) is 5.92 Å². The van der Waals surface area contributed by atoms with Crippen LogP contribution in [0.2, 0.25) is 0 Å². The van der Waals surface area contributed by atoms with Crippen LogP contribution in [0.15, 0.2) is 36.4 Å². The van der Waals surface area contributed by atoms with Crippen molar-refractivity contribution >= 4 is 16.7 Å². The lowest BCUT2D eigenvalue weighted by atomic mass is 9.93. The van der Waals surface area contributed by atoms with Gasteiger partial charge in [-0.05, 0) is 68.0 Å². The molecule has 1 saturated carbocycles. The lowest BCUT2D eigenvalue weighted by Crippen LogP contribution is -2.39. The predicted octanol–water partition coefficient (Wildman–Crippen LogP) is 5.35. The van der Waals surface area contributed by atoms with Gasteiger partial charge in [-0.3, -0.25) is 4.79 Å². The zero-order valence-corrected chi connectivity index (χ0v) is 16.6. The van der Waals surface area contributed by atoms with Crippen molar-refractivity contribution in [1.82, 2.24) is 4.90 Å². The Morgan fingerprint density at radius 1 is 1.00 bits per heavy atom. The van der Waals surface area contributed by atoms with E-state index in [0.717, 1.165) is 25.1 Å². The lowest BCUT2D eigenvalue weighted by molar-refractivity contribution is -0.133. The van der Waals surface area contributed by atoms with Crippen LogP contribution in [0.4, 0.5) is 0 Å². The van der Waals surface area contributed by atoms with Crippen LogP contribution in [0, 0.1) is 5.92 Å². The molecular weight excluding hydrogens is 334 g/mol. The molecule has 0 N–H and O–H groups in total. The van der Waals surface area contributed by atoms with E-state index in [1.807, 2.05) is 19.9 Å². The monoisotopic (exact) mass is 365 g/mol. The highest BCUT2D eigenvalue weighted by Crippen LogP contribution is 2.31. The molecule has 0 bridgehead atoms. The molecule has 2 aromatic rings. The van der Waals surface area contributed by atoms with Gasteiger partial charge in [-0.25, -0.2) is 0 Å². The van der Waals surface area contributed by atoms with Crippen molar-refractivity contribution in [2.45, 2.75) is 70.9 Å². The molecule has 1 atom stereocenters. The Labute approximate surface area is 162 Å². The van der Waals surface area contributed by atoms with Gasteiger partial charge < -0.3 is 9.64 Å². The molecule has 2 aliphatic rings. The van der Waals surface area contributed by atoms with Gasteiger partial charge in [-0.15, -0.1) is 0 Å². The van der Waals surface area contributed by atoms with Crippen LogP contribution in [0.25, 0.3) is 10.8 Å². The van der Waals surface area contributed by atoms with E-state index in [9.17, 15) is 4.79 Å². The summed E-state index contributed by atoms with van der Waals surface area (Å²) in [5.41, 5.74) is 1.27. The Kier molecular flexibility index (Phi) is 5.38. The Morgan fingerprint density at radius 2 is 1.74 bits per heavy atom. The van der Waals surface area contributed by atoms with Gasteiger partial charge in [0.15, 0.2) is 0 Å². The molecule has 1 aliphatic carbocycles. The van der Waals surface area contributed by atoms with Gasteiger partial charge in [0.25, 0.3) is 0 Å². The molecule has 2 aromatic carbocycles. The lowest BCUT2D eigenvalue weighted by Gasteiger charge is -2.31. The first-order chi connectivity index (χ1) is 13.1. The van der Waals surface area contributed by atoms with Crippen molar-refractivity contribution in [2.75, 3.05) is 6.54 Å². The molecule has 144 valence electrons. The molecule has 1 heterocycles. The van der Waals surface area contributed by atoms with Crippen molar-refractivity contribution in [1.29, 1.82) is 0 Å². The van der Waals surface area contributed by atoms with Crippen LogP contribution in [-0.2, 0) is 11.2 Å². The fraction of sp³-hybridized carbons (Fsp3) is 0.542. The predicted molar refractivity (Wildman–Crippen MR) is 110 cm³/mol. The number of hydrogen-bond donors (Lipinski definition) is 0. The minimum Gasteiger partial charge on any atom is -0.491 e. The van der Waals surface area contributed by atoms with E-state index in [0.29, 0.717) is 11.9 Å². The van der Waals surface area contributed by atoms with Gasteiger partial charge in [-0.1, -0.05) is 43.5 Å². The highest BCUT2D eigenvalue weighted by molar-refractivity contribution is 5.85. The second-order valence-corrected chi connectivity index (χ2v) is 8.52. The van der Waals surface area contributed by atoms with Crippen molar-refractivity contribution < 1.29 is 9.53 Å². The van der Waals surface area contributed by atoms with Crippen molar-refractivity contribution in [3.8, 4) is 5.75 Å². The number of carbonyl (C=O) groups excluding carboxylic acids is 1. The standard InChI is InChI=1S/C24H31NO2/c1-17(2)27-23-11-10-19-14-18(8-9-20(19)16-23)15-21-12-13-25(24(21)26)22-6-4-3-5-7-22/h8-11,14,16-17,21-22H,3-7,12-13,15H2,1-2H3. The quantitative estimate of drug-likeness (QED) is 0.715. The number of carbonyl (C=O) groups is 1. The molecule has 3 heteroatoms. The van der Waals surface area contributed by atoms with Gasteiger partial charge in [-0.2, -0.15) is 0 Å². The SMILES string of the molecule is CC(C)Oc1ccc2cc(CC3CCN(C4CCCCC4)C3=O)ccc2c1. The molecule has 27 heavy (non-hydrogen) atoms. The van der Waals surface area contributed by atoms with Crippen LogP contribution in [0.3, 0.4) is 0 Å². The van der Waals surface area contributed by atoms with Crippen LogP contribution in [-0.4, -0.2) is 29.5 Å². The van der Waals surface area contributed by atoms with Gasteiger partial charge in [0, 0.05) is 18.5 Å². The van der Waals surface area contributed by atoms with Crippen molar-refractivity contribution in [3.05, 3.63) is 42.0 Å². The highest BCUT2D eigenvalue weighted by Gasteiger charge is 2.36. The zero-order chi connectivity index (χ0) is 18.8. The zero-order valence-electron chi connectivity index (χ0n) is 16.6. The summed E-state index contributed by atoms with van der Waals surface area (Å²) < 4.78 is 5.79. The fourth-order valence-electron chi connectivity index (χ4n) is 4.74. The number of hydrogen-bond acceptors (Lipinski definition) is 2. The van der Waals surface area contributed by atoms with E-state index in [1.165, 1.54) is 48.4 Å². The number of likely N-dealkylation sites (tertiary alicyclic amines) is 1.